The minimum absolute atomic E-state index is 0.750. The maximum atomic E-state index is 9.77. The zero-order chi connectivity index (χ0) is 12.5. The van der Waals surface area contributed by atoms with Crippen molar-refractivity contribution in [2.24, 2.45) is 0 Å². The first-order chi connectivity index (χ1) is 7.83. The Bertz CT molecular complexity index is 113. The number of hydrogen-bond acceptors (Lipinski definition) is 1. The van der Waals surface area contributed by atoms with Crippen molar-refractivity contribution in [2.45, 2.75) is 78.1 Å². The first-order valence-corrected chi connectivity index (χ1v) is 6.87. The summed E-state index contributed by atoms with van der Waals surface area (Å²) in [4.78, 5) is 9.77. The van der Waals surface area contributed by atoms with Crippen molar-refractivity contribution in [3.63, 3.8) is 0 Å². The predicted octanol–water partition coefficient (Wildman–Crippen LogP) is 5.30. The third kappa shape index (κ3) is 23.3. The minimum atomic E-state index is 0.750. The number of aldehydes is 1. The van der Waals surface area contributed by atoms with Crippen molar-refractivity contribution in [1.82, 2.24) is 0 Å². The van der Waals surface area contributed by atoms with Gasteiger partial charge in [-0.1, -0.05) is 58.4 Å². The number of unbranched alkanes of at least 4 members (excludes halogenated alkanes) is 8. The number of carbonyl (C=O) groups excluding carboxylic acids is 1. The molecule has 0 fully saturated rings. The summed E-state index contributed by atoms with van der Waals surface area (Å²) in [6.07, 6.45) is 15.2. The van der Waals surface area contributed by atoms with Gasteiger partial charge in [0.25, 0.3) is 0 Å². The van der Waals surface area contributed by atoms with Gasteiger partial charge in [-0.2, -0.15) is 0 Å². The fourth-order valence-electron chi connectivity index (χ4n) is 1.37. The van der Waals surface area contributed by atoms with E-state index < -0.39 is 0 Å². The van der Waals surface area contributed by atoms with Gasteiger partial charge >= 0.3 is 0 Å². The lowest BCUT2D eigenvalue weighted by atomic mass is 10.2. The Kier molecular flexibility index (Phi) is 22.1. The largest absolute Gasteiger partial charge is 0.303 e. The predicted molar refractivity (Wildman–Crippen MR) is 73.8 cm³/mol. The van der Waals surface area contributed by atoms with Gasteiger partial charge in [0.1, 0.15) is 6.29 Å². The monoisotopic (exact) mass is 226 g/mol. The molecule has 0 atom stereocenters. The lowest BCUT2D eigenvalue weighted by molar-refractivity contribution is -0.107. The average Bonchev–Trinajstić information content (AvgIpc) is 2.31. The van der Waals surface area contributed by atoms with Gasteiger partial charge < -0.3 is 4.79 Å². The van der Waals surface area contributed by atoms with E-state index in [0.717, 1.165) is 19.1 Å². The number of hydrogen-bond donors (Lipinski definition) is 0. The lowest BCUT2D eigenvalue weighted by Crippen LogP contribution is -1.76. The highest BCUT2D eigenvalue weighted by atomic mass is 16.1. The maximum Gasteiger partial charge on any atom is 0.119 e. The van der Waals surface area contributed by atoms with Crippen LogP contribution in [0.25, 0.3) is 0 Å². The summed E-state index contributed by atoms with van der Waals surface area (Å²) in [7, 11) is 0. The molecule has 0 rings (SSSR count). The summed E-state index contributed by atoms with van der Waals surface area (Å²) in [6, 6.07) is 0. The van der Waals surface area contributed by atoms with Crippen molar-refractivity contribution in [2.75, 3.05) is 0 Å². The van der Waals surface area contributed by atoms with E-state index in [1.54, 1.807) is 0 Å². The molecule has 0 unspecified atom stereocenters. The smallest absolute Gasteiger partial charge is 0.119 e. The van der Waals surface area contributed by atoms with E-state index in [0.29, 0.717) is 0 Å². The molecule has 1 heteroatoms. The van der Waals surface area contributed by atoms with Gasteiger partial charge in [-0.05, 0) is 19.3 Å². The fraction of sp³-hybridized carbons (Fsp3) is 0.800. The molecule has 0 amide bonds. The van der Waals surface area contributed by atoms with Crippen LogP contribution in [0.1, 0.15) is 78.1 Å². The second-order valence-corrected chi connectivity index (χ2v) is 4.15. The molecule has 0 aliphatic rings. The average molecular weight is 226 g/mol. The third-order valence-electron chi connectivity index (χ3n) is 2.44. The molecular formula is C15H30O. The molecule has 16 heavy (non-hydrogen) atoms. The summed E-state index contributed by atoms with van der Waals surface area (Å²) in [5.74, 6) is 0. The van der Waals surface area contributed by atoms with E-state index in [2.05, 4.69) is 20.4 Å². The first-order valence-electron chi connectivity index (χ1n) is 6.87. The van der Waals surface area contributed by atoms with Crippen molar-refractivity contribution in [3.05, 3.63) is 12.7 Å². The molecule has 0 aliphatic carbocycles. The summed E-state index contributed by atoms with van der Waals surface area (Å²) < 4.78 is 0. The van der Waals surface area contributed by atoms with Gasteiger partial charge in [0.05, 0.1) is 0 Å². The van der Waals surface area contributed by atoms with Crippen LogP contribution in [0.15, 0.2) is 12.7 Å². The molecule has 0 aromatic carbocycles. The van der Waals surface area contributed by atoms with Crippen LogP contribution < -0.4 is 0 Å². The van der Waals surface area contributed by atoms with E-state index in [1.807, 2.05) is 6.08 Å². The highest BCUT2D eigenvalue weighted by molar-refractivity contribution is 5.48. The van der Waals surface area contributed by atoms with Gasteiger partial charge in [-0.25, -0.2) is 0 Å². The van der Waals surface area contributed by atoms with Crippen LogP contribution in [-0.4, -0.2) is 6.29 Å². The third-order valence-corrected chi connectivity index (χ3v) is 2.44. The molecule has 0 aliphatic heterocycles. The molecule has 0 aromatic rings. The molecule has 96 valence electrons. The molecule has 0 aromatic heterocycles. The molecule has 0 saturated carbocycles. The van der Waals surface area contributed by atoms with Crippen molar-refractivity contribution in [3.8, 4) is 0 Å². The SMILES string of the molecule is C=CCCCCCC.CCCCCCC=O. The summed E-state index contributed by atoms with van der Waals surface area (Å²) in [6.45, 7) is 8.06. The molecule has 0 heterocycles. The highest BCUT2D eigenvalue weighted by Crippen LogP contribution is 2.01. The maximum absolute atomic E-state index is 9.77. The number of allylic oxidation sites excluding steroid dienone is 1. The number of rotatable bonds is 10. The van der Waals surface area contributed by atoms with Crippen LogP contribution in [0.3, 0.4) is 0 Å². The van der Waals surface area contributed by atoms with Gasteiger partial charge in [-0.15, -0.1) is 6.58 Å². The van der Waals surface area contributed by atoms with Crippen LogP contribution in [0, 0.1) is 0 Å². The molecule has 0 bridgehead atoms. The zero-order valence-corrected chi connectivity index (χ0v) is 11.3. The molecular weight excluding hydrogens is 196 g/mol. The zero-order valence-electron chi connectivity index (χ0n) is 11.3. The summed E-state index contributed by atoms with van der Waals surface area (Å²) >= 11 is 0. The van der Waals surface area contributed by atoms with Crippen LogP contribution in [0.5, 0.6) is 0 Å². The van der Waals surface area contributed by atoms with Crippen LogP contribution >= 0.6 is 0 Å². The van der Waals surface area contributed by atoms with Crippen molar-refractivity contribution < 1.29 is 4.79 Å². The minimum Gasteiger partial charge on any atom is -0.303 e. The van der Waals surface area contributed by atoms with Gasteiger partial charge in [0.2, 0.25) is 0 Å². The van der Waals surface area contributed by atoms with Crippen LogP contribution in [-0.2, 0) is 4.79 Å². The molecule has 0 radical (unpaired) electrons. The van der Waals surface area contributed by atoms with E-state index >= 15 is 0 Å². The fourth-order valence-corrected chi connectivity index (χ4v) is 1.37. The second-order valence-electron chi connectivity index (χ2n) is 4.15. The Hall–Kier alpha value is -0.590. The summed E-state index contributed by atoms with van der Waals surface area (Å²) in [5.41, 5.74) is 0. The van der Waals surface area contributed by atoms with Gasteiger partial charge in [0, 0.05) is 6.42 Å². The first kappa shape index (κ1) is 17.8. The van der Waals surface area contributed by atoms with Crippen molar-refractivity contribution in [1.29, 1.82) is 0 Å². The van der Waals surface area contributed by atoms with E-state index in [1.165, 1.54) is 51.4 Å². The van der Waals surface area contributed by atoms with Gasteiger partial charge in [-0.3, -0.25) is 0 Å². The Morgan fingerprint density at radius 1 is 0.812 bits per heavy atom. The van der Waals surface area contributed by atoms with E-state index in [9.17, 15) is 4.79 Å². The van der Waals surface area contributed by atoms with Crippen LogP contribution in [0.2, 0.25) is 0 Å². The standard InChI is InChI=1S/C8H16.C7H14O/c1-3-5-7-8-6-4-2;1-2-3-4-5-6-7-8/h3H,1,4-8H2,2H3;7H,2-6H2,1H3. The molecule has 0 saturated heterocycles. The molecule has 1 nitrogen and oxygen atoms in total. The Labute approximate surface area is 102 Å². The van der Waals surface area contributed by atoms with Crippen molar-refractivity contribution >= 4 is 6.29 Å². The number of carbonyl (C=O) groups is 1. The normalized spacial score (nSPS) is 9.12. The molecule has 0 spiro atoms. The Morgan fingerprint density at radius 2 is 1.31 bits per heavy atom. The quantitative estimate of drug-likeness (QED) is 0.281. The molecule has 0 N–H and O–H groups in total. The highest BCUT2D eigenvalue weighted by Gasteiger charge is 1.83. The van der Waals surface area contributed by atoms with E-state index in [4.69, 9.17) is 0 Å². The Morgan fingerprint density at radius 3 is 1.69 bits per heavy atom. The summed E-state index contributed by atoms with van der Waals surface area (Å²) in [5, 5.41) is 0. The van der Waals surface area contributed by atoms with Crippen LogP contribution in [0.4, 0.5) is 0 Å². The van der Waals surface area contributed by atoms with Gasteiger partial charge in [0.15, 0.2) is 0 Å². The lowest BCUT2D eigenvalue weighted by Gasteiger charge is -1.91. The topological polar surface area (TPSA) is 17.1 Å². The Balaban J connectivity index is 0. The van der Waals surface area contributed by atoms with E-state index in [-0.39, 0.29) is 0 Å². The second kappa shape index (κ2) is 19.9.